The lowest BCUT2D eigenvalue weighted by Gasteiger charge is -2.16. The molecule has 0 fully saturated rings. The number of furan rings is 1. The summed E-state index contributed by atoms with van der Waals surface area (Å²) in [5, 5.41) is 5.41. The van der Waals surface area contributed by atoms with Crippen LogP contribution in [0.25, 0.3) is 33.0 Å². The zero-order valence-electron chi connectivity index (χ0n) is 20.6. The number of methoxy groups -OCH3 is 1. The van der Waals surface area contributed by atoms with E-state index in [4.69, 9.17) is 20.8 Å². The number of ether oxygens (including phenoxy) is 1. The second kappa shape index (κ2) is 10.5. The Kier molecular flexibility index (Phi) is 7.01. The molecule has 7 heteroatoms. The van der Waals surface area contributed by atoms with Gasteiger partial charge in [0, 0.05) is 39.5 Å². The van der Waals surface area contributed by atoms with E-state index in [0.29, 0.717) is 17.0 Å². The number of aromatic nitrogens is 1. The number of carbonyl (C=O) groups is 2. The first-order chi connectivity index (χ1) is 18.0. The Morgan fingerprint density at radius 1 is 1.03 bits per heavy atom. The van der Waals surface area contributed by atoms with E-state index in [9.17, 15) is 9.59 Å². The quantitative estimate of drug-likeness (QED) is 0.226. The number of esters is 1. The number of aromatic amines is 1. The van der Waals surface area contributed by atoms with Gasteiger partial charge in [0.05, 0.1) is 7.11 Å². The number of H-pyrrole nitrogens is 1. The molecule has 3 aromatic carbocycles. The van der Waals surface area contributed by atoms with Gasteiger partial charge in [-0.2, -0.15) is 0 Å². The van der Waals surface area contributed by atoms with Crippen molar-refractivity contribution >= 4 is 45.3 Å². The van der Waals surface area contributed by atoms with Crippen molar-refractivity contribution in [1.82, 2.24) is 10.3 Å². The first-order valence-corrected chi connectivity index (χ1v) is 12.6. The Morgan fingerprint density at radius 3 is 2.54 bits per heavy atom. The van der Waals surface area contributed by atoms with E-state index in [2.05, 4.69) is 17.2 Å². The summed E-state index contributed by atoms with van der Waals surface area (Å²) in [4.78, 5) is 29.4. The molecule has 2 N–H and O–H groups in total. The highest BCUT2D eigenvalue weighted by atomic mass is 35.5. The molecule has 1 atom stereocenters. The van der Waals surface area contributed by atoms with Gasteiger partial charge < -0.3 is 19.5 Å². The number of hydrogen-bond acceptors (Lipinski definition) is 4. The lowest BCUT2D eigenvalue weighted by Crippen LogP contribution is -2.43. The number of fused-ring (bicyclic) bond motifs is 2. The minimum atomic E-state index is -0.871. The molecular formula is C30H27ClN2O4. The van der Waals surface area contributed by atoms with Gasteiger partial charge in [-0.3, -0.25) is 4.79 Å². The van der Waals surface area contributed by atoms with Crippen LogP contribution < -0.4 is 5.32 Å². The molecule has 5 rings (SSSR count). The van der Waals surface area contributed by atoms with Crippen LogP contribution in [0.5, 0.6) is 0 Å². The van der Waals surface area contributed by atoms with Gasteiger partial charge in [0.25, 0.3) is 5.91 Å². The second-order valence-corrected chi connectivity index (χ2v) is 9.43. The maximum Gasteiger partial charge on any atom is 0.328 e. The lowest BCUT2D eigenvalue weighted by atomic mass is 10.0. The predicted molar refractivity (Wildman–Crippen MR) is 146 cm³/mol. The topological polar surface area (TPSA) is 84.3 Å². The van der Waals surface area contributed by atoms with Crippen LogP contribution in [-0.4, -0.2) is 30.0 Å². The van der Waals surface area contributed by atoms with Gasteiger partial charge in [-0.15, -0.1) is 0 Å². The van der Waals surface area contributed by atoms with Gasteiger partial charge in [-0.05, 0) is 47.4 Å². The summed E-state index contributed by atoms with van der Waals surface area (Å²) in [5.74, 6) is -0.738. The number of benzene rings is 3. The predicted octanol–water partition coefficient (Wildman–Crippen LogP) is 6.70. The molecule has 1 amide bonds. The van der Waals surface area contributed by atoms with E-state index in [-0.39, 0.29) is 12.2 Å². The molecule has 0 saturated carbocycles. The van der Waals surface area contributed by atoms with Crippen LogP contribution in [0.3, 0.4) is 0 Å². The summed E-state index contributed by atoms with van der Waals surface area (Å²) in [7, 11) is 1.32. The average molecular weight is 515 g/mol. The molecule has 188 valence electrons. The fraction of sp³-hybridized carbons (Fsp3) is 0.200. The third-order valence-electron chi connectivity index (χ3n) is 6.57. The highest BCUT2D eigenvalue weighted by Gasteiger charge is 2.27. The molecule has 2 heterocycles. The van der Waals surface area contributed by atoms with Crippen LogP contribution in [0.1, 0.15) is 35.0 Å². The van der Waals surface area contributed by atoms with Crippen molar-refractivity contribution in [3.05, 3.63) is 94.8 Å². The van der Waals surface area contributed by atoms with Crippen molar-refractivity contribution in [2.24, 2.45) is 0 Å². The zero-order valence-corrected chi connectivity index (χ0v) is 21.4. The average Bonchev–Trinajstić information content (AvgIpc) is 3.49. The Balaban J connectivity index is 1.47. The zero-order chi connectivity index (χ0) is 25.9. The number of amides is 1. The van der Waals surface area contributed by atoms with E-state index in [1.54, 1.807) is 0 Å². The largest absolute Gasteiger partial charge is 0.467 e. The molecule has 0 aliphatic rings. The third-order valence-corrected chi connectivity index (χ3v) is 6.82. The van der Waals surface area contributed by atoms with Crippen LogP contribution in [-0.2, 0) is 22.4 Å². The van der Waals surface area contributed by atoms with Crippen LogP contribution >= 0.6 is 11.6 Å². The molecular weight excluding hydrogens is 488 g/mol. The van der Waals surface area contributed by atoms with Crippen LogP contribution in [0.15, 0.2) is 77.3 Å². The minimum Gasteiger partial charge on any atom is -0.467 e. The summed E-state index contributed by atoms with van der Waals surface area (Å²) in [6, 6.07) is 20.4. The molecule has 0 aliphatic heterocycles. The van der Waals surface area contributed by atoms with Crippen molar-refractivity contribution in [3.8, 4) is 11.1 Å². The van der Waals surface area contributed by atoms with E-state index < -0.39 is 17.9 Å². The molecule has 2 aromatic heterocycles. The molecule has 0 bridgehead atoms. The maximum absolute atomic E-state index is 13.5. The number of carbonyl (C=O) groups excluding carboxylic acids is 2. The van der Waals surface area contributed by atoms with E-state index >= 15 is 0 Å². The summed E-state index contributed by atoms with van der Waals surface area (Å²) in [5.41, 5.74) is 5.28. The first-order valence-electron chi connectivity index (χ1n) is 12.2. The highest BCUT2D eigenvalue weighted by molar-refractivity contribution is 6.30. The molecule has 0 unspecified atom stereocenters. The fourth-order valence-electron chi connectivity index (χ4n) is 4.73. The van der Waals surface area contributed by atoms with Gasteiger partial charge in [0.2, 0.25) is 0 Å². The molecule has 37 heavy (non-hydrogen) atoms. The standard InChI is InChI=1S/C30H27ClN2O4/c1-3-6-24-23-14-11-19(18-9-12-21(31)13-10-18)16-27(23)37-28(24)29(34)33-26(30(35)36-2)15-20-17-32-25-8-5-4-7-22(20)25/h4-5,7-14,16-17,26,32H,3,6,15H2,1-2H3,(H,33,34)/t26-/m0/s1. The molecule has 0 saturated heterocycles. The van der Waals surface area contributed by atoms with Gasteiger partial charge in [-0.1, -0.05) is 67.4 Å². The number of nitrogens with one attached hydrogen (secondary N) is 2. The van der Waals surface area contributed by atoms with Crippen LogP contribution in [0.2, 0.25) is 5.02 Å². The first kappa shape index (κ1) is 24.7. The van der Waals surface area contributed by atoms with E-state index in [1.807, 2.05) is 72.9 Å². The van der Waals surface area contributed by atoms with Crippen molar-refractivity contribution < 1.29 is 18.7 Å². The number of rotatable bonds is 8. The van der Waals surface area contributed by atoms with Crippen molar-refractivity contribution in [3.63, 3.8) is 0 Å². The smallest absolute Gasteiger partial charge is 0.328 e. The monoisotopic (exact) mass is 514 g/mol. The number of para-hydroxylation sites is 1. The molecule has 0 aliphatic carbocycles. The number of hydrogen-bond donors (Lipinski definition) is 2. The third kappa shape index (κ3) is 4.98. The SMILES string of the molecule is CCCc1c(C(=O)N[C@@H](Cc2c[nH]c3ccccc23)C(=O)OC)oc2cc(-c3ccc(Cl)cc3)ccc12. The molecule has 6 nitrogen and oxygen atoms in total. The number of aryl methyl sites for hydroxylation is 1. The normalized spacial score (nSPS) is 12.1. The highest BCUT2D eigenvalue weighted by Crippen LogP contribution is 2.32. The Morgan fingerprint density at radius 2 is 1.78 bits per heavy atom. The molecule has 0 radical (unpaired) electrons. The maximum atomic E-state index is 13.5. The lowest BCUT2D eigenvalue weighted by molar-refractivity contribution is -0.142. The Bertz CT molecular complexity index is 1580. The fourth-order valence-corrected chi connectivity index (χ4v) is 4.86. The minimum absolute atomic E-state index is 0.220. The summed E-state index contributed by atoms with van der Waals surface area (Å²) in [6.07, 6.45) is 3.65. The molecule has 0 spiro atoms. The Labute approximate surface area is 219 Å². The second-order valence-electron chi connectivity index (χ2n) is 8.99. The van der Waals surface area contributed by atoms with E-state index in [1.165, 1.54) is 7.11 Å². The number of halogens is 1. The van der Waals surface area contributed by atoms with Crippen molar-refractivity contribution in [1.29, 1.82) is 0 Å². The van der Waals surface area contributed by atoms with Gasteiger partial charge in [0.1, 0.15) is 11.6 Å². The van der Waals surface area contributed by atoms with Gasteiger partial charge in [0.15, 0.2) is 5.76 Å². The van der Waals surface area contributed by atoms with Crippen molar-refractivity contribution in [2.75, 3.05) is 7.11 Å². The van der Waals surface area contributed by atoms with Crippen LogP contribution in [0.4, 0.5) is 0 Å². The van der Waals surface area contributed by atoms with Crippen molar-refractivity contribution in [2.45, 2.75) is 32.2 Å². The summed E-state index contributed by atoms with van der Waals surface area (Å²) >= 11 is 6.04. The van der Waals surface area contributed by atoms with Crippen LogP contribution in [0, 0.1) is 0 Å². The summed E-state index contributed by atoms with van der Waals surface area (Å²) < 4.78 is 11.1. The molecule has 5 aromatic rings. The Hall–Kier alpha value is -4.03. The van der Waals surface area contributed by atoms with Gasteiger partial charge in [-0.25, -0.2) is 4.79 Å². The summed E-state index contributed by atoms with van der Waals surface area (Å²) in [6.45, 7) is 2.05. The van der Waals surface area contributed by atoms with Gasteiger partial charge >= 0.3 is 5.97 Å². The van der Waals surface area contributed by atoms with E-state index in [0.717, 1.165) is 45.0 Å².